The molecule has 0 saturated heterocycles. The number of hydrogen-bond acceptors (Lipinski definition) is 3. The van der Waals surface area contributed by atoms with E-state index in [0.717, 1.165) is 16.8 Å². The number of H-pyrrole nitrogens is 1. The van der Waals surface area contributed by atoms with E-state index in [1.807, 2.05) is 19.1 Å². The van der Waals surface area contributed by atoms with Crippen molar-refractivity contribution in [2.75, 3.05) is 5.73 Å². The van der Waals surface area contributed by atoms with Gasteiger partial charge in [-0.25, -0.2) is 0 Å². The summed E-state index contributed by atoms with van der Waals surface area (Å²) >= 11 is 0. The highest BCUT2D eigenvalue weighted by atomic mass is 16.1. The largest absolute Gasteiger partial charge is 0.399 e. The van der Waals surface area contributed by atoms with E-state index in [4.69, 9.17) is 5.73 Å². The van der Waals surface area contributed by atoms with Gasteiger partial charge in [-0.15, -0.1) is 0 Å². The lowest BCUT2D eigenvalue weighted by molar-refractivity contribution is -0.116. The number of rotatable bonds is 4. The Morgan fingerprint density at radius 3 is 2.79 bits per heavy atom. The molecule has 2 rings (SSSR count). The molecule has 0 aliphatic rings. The summed E-state index contributed by atoms with van der Waals surface area (Å²) in [6.07, 6.45) is 4.96. The fourth-order valence-electron chi connectivity index (χ4n) is 1.57. The highest BCUT2D eigenvalue weighted by Crippen LogP contribution is 2.07. The smallest absolute Gasteiger partial charge is 0.244 e. The standard InChI is InChI=1S/C14H16N4O/c1-10-12(9-17-18-10)8-16-14(19)7-4-11-2-5-13(15)6-3-11/h2-7,9H,8,15H2,1H3,(H,16,19)(H,17,18)/b7-4+. The molecule has 5 nitrogen and oxygen atoms in total. The number of nitrogens with zero attached hydrogens (tertiary/aromatic N) is 1. The molecule has 1 heterocycles. The first-order valence-electron chi connectivity index (χ1n) is 5.95. The number of amides is 1. The molecule has 2 aromatic rings. The number of nitrogens with one attached hydrogen (secondary N) is 2. The average molecular weight is 256 g/mol. The molecule has 98 valence electrons. The van der Waals surface area contributed by atoms with Gasteiger partial charge in [0, 0.05) is 29.6 Å². The van der Waals surface area contributed by atoms with Crippen molar-refractivity contribution in [3.05, 3.63) is 53.4 Å². The molecule has 0 aliphatic carbocycles. The number of aryl methyl sites for hydroxylation is 1. The van der Waals surface area contributed by atoms with Crippen molar-refractivity contribution in [3.8, 4) is 0 Å². The lowest BCUT2D eigenvalue weighted by atomic mass is 10.2. The van der Waals surface area contributed by atoms with Crippen LogP contribution in [0.3, 0.4) is 0 Å². The highest BCUT2D eigenvalue weighted by Gasteiger charge is 2.01. The number of benzene rings is 1. The summed E-state index contributed by atoms with van der Waals surface area (Å²) in [5.74, 6) is -0.141. The van der Waals surface area contributed by atoms with Gasteiger partial charge in [-0.2, -0.15) is 5.10 Å². The molecule has 0 bridgehead atoms. The molecule has 0 unspecified atom stereocenters. The molecule has 0 fully saturated rings. The SMILES string of the molecule is Cc1[nH]ncc1CNC(=O)/C=C/c1ccc(N)cc1. The van der Waals surface area contributed by atoms with Gasteiger partial charge in [0.1, 0.15) is 0 Å². The number of carbonyl (C=O) groups excluding carboxylic acids is 1. The van der Waals surface area contributed by atoms with Crippen LogP contribution in [0, 0.1) is 6.92 Å². The topological polar surface area (TPSA) is 83.8 Å². The molecule has 4 N–H and O–H groups in total. The van der Waals surface area contributed by atoms with Crippen LogP contribution in [0.2, 0.25) is 0 Å². The van der Waals surface area contributed by atoms with Crippen LogP contribution in [0.5, 0.6) is 0 Å². The first-order chi connectivity index (χ1) is 9.15. The maximum atomic E-state index is 11.6. The Morgan fingerprint density at radius 2 is 2.16 bits per heavy atom. The van der Waals surface area contributed by atoms with Gasteiger partial charge in [0.25, 0.3) is 0 Å². The third-order valence-electron chi connectivity index (χ3n) is 2.75. The summed E-state index contributed by atoms with van der Waals surface area (Å²) < 4.78 is 0. The van der Waals surface area contributed by atoms with Gasteiger partial charge in [-0.3, -0.25) is 9.89 Å². The molecule has 0 spiro atoms. The van der Waals surface area contributed by atoms with E-state index in [0.29, 0.717) is 12.2 Å². The molecule has 1 aromatic carbocycles. The van der Waals surface area contributed by atoms with E-state index < -0.39 is 0 Å². The zero-order chi connectivity index (χ0) is 13.7. The van der Waals surface area contributed by atoms with Crippen LogP contribution < -0.4 is 11.1 Å². The molecule has 5 heteroatoms. The van der Waals surface area contributed by atoms with Gasteiger partial charge < -0.3 is 11.1 Å². The van der Waals surface area contributed by atoms with Crippen molar-refractivity contribution < 1.29 is 4.79 Å². The number of aromatic amines is 1. The Kier molecular flexibility index (Phi) is 3.97. The molecular weight excluding hydrogens is 240 g/mol. The third-order valence-corrected chi connectivity index (χ3v) is 2.75. The van der Waals surface area contributed by atoms with Gasteiger partial charge in [0.05, 0.1) is 6.20 Å². The van der Waals surface area contributed by atoms with Crippen LogP contribution in [0.25, 0.3) is 6.08 Å². The van der Waals surface area contributed by atoms with Crippen LogP contribution in [-0.4, -0.2) is 16.1 Å². The van der Waals surface area contributed by atoms with E-state index in [9.17, 15) is 4.79 Å². The number of carbonyl (C=O) groups is 1. The quantitative estimate of drug-likeness (QED) is 0.574. The minimum Gasteiger partial charge on any atom is -0.399 e. The number of aromatic nitrogens is 2. The summed E-state index contributed by atoms with van der Waals surface area (Å²) in [5, 5.41) is 9.52. The van der Waals surface area contributed by atoms with Gasteiger partial charge >= 0.3 is 0 Å². The molecule has 0 atom stereocenters. The molecule has 19 heavy (non-hydrogen) atoms. The van der Waals surface area contributed by atoms with E-state index in [2.05, 4.69) is 15.5 Å². The second-order valence-electron chi connectivity index (χ2n) is 4.24. The summed E-state index contributed by atoms with van der Waals surface area (Å²) in [6.45, 7) is 2.38. The van der Waals surface area contributed by atoms with Crippen molar-refractivity contribution in [1.29, 1.82) is 0 Å². The zero-order valence-electron chi connectivity index (χ0n) is 10.7. The monoisotopic (exact) mass is 256 g/mol. The van der Waals surface area contributed by atoms with Crippen molar-refractivity contribution in [2.24, 2.45) is 0 Å². The van der Waals surface area contributed by atoms with Crippen LogP contribution in [0.1, 0.15) is 16.8 Å². The maximum absolute atomic E-state index is 11.6. The Labute approximate surface area is 111 Å². The van der Waals surface area contributed by atoms with Gasteiger partial charge in [-0.1, -0.05) is 12.1 Å². The van der Waals surface area contributed by atoms with Gasteiger partial charge in [-0.05, 0) is 30.7 Å². The van der Waals surface area contributed by atoms with Crippen LogP contribution in [0.4, 0.5) is 5.69 Å². The fraction of sp³-hybridized carbons (Fsp3) is 0.143. The molecule has 0 saturated carbocycles. The number of hydrogen-bond donors (Lipinski definition) is 3. The van der Waals surface area contributed by atoms with E-state index in [1.165, 1.54) is 6.08 Å². The number of nitrogens with two attached hydrogens (primary N) is 1. The lowest BCUT2D eigenvalue weighted by Gasteiger charge is -2.00. The maximum Gasteiger partial charge on any atom is 0.244 e. The lowest BCUT2D eigenvalue weighted by Crippen LogP contribution is -2.20. The molecule has 1 amide bonds. The summed E-state index contributed by atoms with van der Waals surface area (Å²) in [7, 11) is 0. The van der Waals surface area contributed by atoms with Crippen molar-refractivity contribution in [2.45, 2.75) is 13.5 Å². The van der Waals surface area contributed by atoms with Crippen LogP contribution in [-0.2, 0) is 11.3 Å². The van der Waals surface area contributed by atoms with Gasteiger partial charge in [0.15, 0.2) is 0 Å². The van der Waals surface area contributed by atoms with Crippen LogP contribution >= 0.6 is 0 Å². The predicted octanol–water partition coefficient (Wildman–Crippen LogP) is 1.63. The van der Waals surface area contributed by atoms with Gasteiger partial charge in [0.2, 0.25) is 5.91 Å². The summed E-state index contributed by atoms with van der Waals surface area (Å²) in [4.78, 5) is 11.6. The number of anilines is 1. The Hall–Kier alpha value is -2.56. The minimum absolute atomic E-state index is 0.141. The van der Waals surface area contributed by atoms with Crippen molar-refractivity contribution >= 4 is 17.7 Å². The van der Waals surface area contributed by atoms with E-state index >= 15 is 0 Å². The second kappa shape index (κ2) is 5.86. The predicted molar refractivity (Wildman–Crippen MR) is 75.1 cm³/mol. The Bertz CT molecular complexity index is 584. The summed E-state index contributed by atoms with van der Waals surface area (Å²) in [5.41, 5.74) is 9.17. The number of nitrogen functional groups attached to an aromatic ring is 1. The average Bonchev–Trinajstić information content (AvgIpc) is 2.81. The summed E-state index contributed by atoms with van der Waals surface area (Å²) in [6, 6.07) is 7.32. The normalized spacial score (nSPS) is 10.8. The molecule has 1 aromatic heterocycles. The third kappa shape index (κ3) is 3.70. The fourth-order valence-corrected chi connectivity index (χ4v) is 1.57. The van der Waals surface area contributed by atoms with E-state index in [-0.39, 0.29) is 5.91 Å². The highest BCUT2D eigenvalue weighted by molar-refractivity contribution is 5.91. The zero-order valence-corrected chi connectivity index (χ0v) is 10.7. The Morgan fingerprint density at radius 1 is 1.42 bits per heavy atom. The van der Waals surface area contributed by atoms with Crippen molar-refractivity contribution in [3.63, 3.8) is 0 Å². The molecular formula is C14H16N4O. The molecule has 0 radical (unpaired) electrons. The van der Waals surface area contributed by atoms with Crippen LogP contribution in [0.15, 0.2) is 36.5 Å². The first-order valence-corrected chi connectivity index (χ1v) is 5.95. The Balaban J connectivity index is 1.87. The van der Waals surface area contributed by atoms with E-state index in [1.54, 1.807) is 24.4 Å². The molecule has 0 aliphatic heterocycles. The first kappa shape index (κ1) is 12.9. The van der Waals surface area contributed by atoms with Crippen molar-refractivity contribution in [1.82, 2.24) is 15.5 Å². The minimum atomic E-state index is -0.141. The second-order valence-corrected chi connectivity index (χ2v) is 4.24.